The highest BCUT2D eigenvalue weighted by Crippen LogP contribution is 2.25. The molecule has 1 aliphatic rings. The number of hydrogen-bond donors (Lipinski definition) is 1. The third kappa shape index (κ3) is 4.96. The smallest absolute Gasteiger partial charge is 0.0230 e. The molecule has 0 amide bonds. The van der Waals surface area contributed by atoms with Crippen molar-refractivity contribution in [2.45, 2.75) is 45.7 Å². The van der Waals surface area contributed by atoms with Gasteiger partial charge in [0.1, 0.15) is 0 Å². The van der Waals surface area contributed by atoms with Crippen LogP contribution in [0, 0.1) is 5.41 Å². The second-order valence-corrected chi connectivity index (χ2v) is 6.48. The van der Waals surface area contributed by atoms with Gasteiger partial charge in [-0.25, -0.2) is 0 Å². The van der Waals surface area contributed by atoms with Gasteiger partial charge in [-0.3, -0.25) is 0 Å². The summed E-state index contributed by atoms with van der Waals surface area (Å²) < 4.78 is 0. The van der Waals surface area contributed by atoms with E-state index in [2.05, 4.69) is 61.4 Å². The molecule has 1 saturated carbocycles. The minimum atomic E-state index is 0.381. The molecule has 0 radical (unpaired) electrons. The van der Waals surface area contributed by atoms with Gasteiger partial charge in [-0.15, -0.1) is 0 Å². The average molecular weight is 260 g/mol. The van der Waals surface area contributed by atoms with Crippen molar-refractivity contribution < 1.29 is 0 Å². The fourth-order valence-corrected chi connectivity index (χ4v) is 2.57. The maximum absolute atomic E-state index is 3.69. The fourth-order valence-electron chi connectivity index (χ4n) is 2.57. The molecule has 2 rings (SSSR count). The van der Waals surface area contributed by atoms with Gasteiger partial charge in [0.15, 0.2) is 0 Å². The normalized spacial score (nSPS) is 18.5. The molecule has 0 aromatic heterocycles. The van der Waals surface area contributed by atoms with Crippen LogP contribution in [0.25, 0.3) is 0 Å². The molecule has 0 aliphatic heterocycles. The lowest BCUT2D eigenvalue weighted by atomic mass is 9.86. The molecule has 0 spiro atoms. The van der Waals surface area contributed by atoms with Crippen molar-refractivity contribution in [3.63, 3.8) is 0 Å². The second kappa shape index (κ2) is 6.53. The van der Waals surface area contributed by atoms with Gasteiger partial charge in [0.2, 0.25) is 0 Å². The topological polar surface area (TPSA) is 15.3 Å². The van der Waals surface area contributed by atoms with Crippen molar-refractivity contribution in [1.82, 2.24) is 10.2 Å². The highest BCUT2D eigenvalue weighted by atomic mass is 15.1. The second-order valence-electron chi connectivity index (χ2n) is 6.48. The summed E-state index contributed by atoms with van der Waals surface area (Å²) in [6.07, 6.45) is 3.98. The van der Waals surface area contributed by atoms with Crippen LogP contribution in [0.2, 0.25) is 0 Å². The summed E-state index contributed by atoms with van der Waals surface area (Å²) in [5.41, 5.74) is 1.78. The molecule has 2 nitrogen and oxygen atoms in total. The van der Waals surface area contributed by atoms with Crippen molar-refractivity contribution in [2.75, 3.05) is 20.1 Å². The summed E-state index contributed by atoms with van der Waals surface area (Å²) in [6.45, 7) is 8.06. The lowest BCUT2D eigenvalue weighted by Crippen LogP contribution is -2.41. The Morgan fingerprint density at radius 2 is 1.95 bits per heavy atom. The van der Waals surface area contributed by atoms with Gasteiger partial charge in [-0.1, -0.05) is 44.2 Å². The zero-order valence-corrected chi connectivity index (χ0v) is 12.7. The van der Waals surface area contributed by atoms with Gasteiger partial charge in [-0.2, -0.15) is 0 Å². The highest BCUT2D eigenvalue weighted by Gasteiger charge is 2.28. The first kappa shape index (κ1) is 14.5. The molecule has 0 heterocycles. The van der Waals surface area contributed by atoms with E-state index in [0.29, 0.717) is 5.41 Å². The van der Waals surface area contributed by atoms with E-state index in [1.807, 2.05) is 0 Å². The first-order chi connectivity index (χ1) is 9.11. The number of nitrogens with one attached hydrogen (secondary N) is 1. The van der Waals surface area contributed by atoms with Gasteiger partial charge in [0.25, 0.3) is 0 Å². The highest BCUT2D eigenvalue weighted by molar-refractivity contribution is 5.14. The summed E-state index contributed by atoms with van der Waals surface area (Å²) >= 11 is 0. The predicted molar refractivity (Wildman–Crippen MR) is 82.2 cm³/mol. The van der Waals surface area contributed by atoms with Crippen molar-refractivity contribution in [3.05, 3.63) is 35.9 Å². The summed E-state index contributed by atoms with van der Waals surface area (Å²) in [6, 6.07) is 11.6. The first-order valence-corrected chi connectivity index (χ1v) is 7.57. The van der Waals surface area contributed by atoms with Crippen molar-refractivity contribution in [3.8, 4) is 0 Å². The summed E-state index contributed by atoms with van der Waals surface area (Å²) in [5, 5.41) is 3.69. The molecule has 1 fully saturated rings. The quantitative estimate of drug-likeness (QED) is 0.771. The molecule has 1 atom stereocenters. The first-order valence-electron chi connectivity index (χ1n) is 7.57. The van der Waals surface area contributed by atoms with Crippen molar-refractivity contribution in [2.24, 2.45) is 5.41 Å². The molecule has 2 heteroatoms. The Morgan fingerprint density at radius 1 is 1.26 bits per heavy atom. The van der Waals surface area contributed by atoms with E-state index < -0.39 is 0 Å². The molecular formula is C17H28N2. The van der Waals surface area contributed by atoms with Crippen LogP contribution in [0.3, 0.4) is 0 Å². The molecule has 1 aromatic carbocycles. The Hall–Kier alpha value is -0.860. The summed E-state index contributed by atoms with van der Waals surface area (Å²) in [5.74, 6) is 0. The van der Waals surface area contributed by atoms with Crippen LogP contribution in [0.4, 0.5) is 0 Å². The van der Waals surface area contributed by atoms with E-state index in [1.165, 1.54) is 24.8 Å². The van der Waals surface area contributed by atoms with E-state index in [9.17, 15) is 0 Å². The largest absolute Gasteiger partial charge is 0.313 e. The minimum Gasteiger partial charge on any atom is -0.313 e. The van der Waals surface area contributed by atoms with Crippen LogP contribution >= 0.6 is 0 Å². The lowest BCUT2D eigenvalue weighted by Gasteiger charge is -2.33. The monoisotopic (exact) mass is 260 g/mol. The average Bonchev–Trinajstić information content (AvgIpc) is 3.21. The maximum Gasteiger partial charge on any atom is 0.0230 e. The van der Waals surface area contributed by atoms with Gasteiger partial charge < -0.3 is 10.2 Å². The molecule has 1 unspecified atom stereocenters. The maximum atomic E-state index is 3.69. The Balaban J connectivity index is 1.82. The van der Waals surface area contributed by atoms with Gasteiger partial charge in [0, 0.05) is 25.7 Å². The number of rotatable bonds is 8. The van der Waals surface area contributed by atoms with Crippen molar-refractivity contribution in [1.29, 1.82) is 0 Å². The Bertz CT molecular complexity index is 372. The minimum absolute atomic E-state index is 0.381. The van der Waals surface area contributed by atoms with Crippen LogP contribution in [-0.4, -0.2) is 31.1 Å². The van der Waals surface area contributed by atoms with E-state index >= 15 is 0 Å². The number of nitrogens with zero attached hydrogens (tertiary/aromatic N) is 1. The third-order valence-electron chi connectivity index (χ3n) is 4.20. The summed E-state index contributed by atoms with van der Waals surface area (Å²) in [7, 11) is 2.23. The third-order valence-corrected chi connectivity index (χ3v) is 4.20. The zero-order valence-electron chi connectivity index (χ0n) is 12.7. The lowest BCUT2D eigenvalue weighted by molar-refractivity contribution is 0.174. The molecular weight excluding hydrogens is 232 g/mol. The summed E-state index contributed by atoms with van der Waals surface area (Å²) in [4.78, 5) is 2.45. The Labute approximate surface area is 118 Å². The van der Waals surface area contributed by atoms with Gasteiger partial charge >= 0.3 is 0 Å². The predicted octanol–water partition coefficient (Wildman–Crippen LogP) is 3.29. The van der Waals surface area contributed by atoms with Crippen LogP contribution in [0.1, 0.15) is 38.7 Å². The molecule has 106 valence electrons. The molecule has 19 heavy (non-hydrogen) atoms. The van der Waals surface area contributed by atoms with Gasteiger partial charge in [-0.05, 0) is 37.3 Å². The van der Waals surface area contributed by atoms with Crippen LogP contribution in [0.5, 0.6) is 0 Å². The van der Waals surface area contributed by atoms with E-state index in [0.717, 1.165) is 25.7 Å². The SMILES string of the molecule is CCC(C)(CNC1CC1)CN(C)Cc1ccccc1. The van der Waals surface area contributed by atoms with E-state index in [1.54, 1.807) is 0 Å². The standard InChI is InChI=1S/C17H28N2/c1-4-17(2,13-18-16-10-11-16)14-19(3)12-15-8-6-5-7-9-15/h5-9,16,18H,4,10-14H2,1-3H3. The molecule has 1 aromatic rings. The fraction of sp³-hybridized carbons (Fsp3) is 0.647. The van der Waals surface area contributed by atoms with Crippen LogP contribution in [-0.2, 0) is 6.54 Å². The number of benzene rings is 1. The van der Waals surface area contributed by atoms with Crippen LogP contribution < -0.4 is 5.32 Å². The molecule has 0 saturated heterocycles. The van der Waals surface area contributed by atoms with Crippen molar-refractivity contribution >= 4 is 0 Å². The van der Waals surface area contributed by atoms with E-state index in [4.69, 9.17) is 0 Å². The Kier molecular flexibility index (Phi) is 5.00. The molecule has 1 aliphatic carbocycles. The van der Waals surface area contributed by atoms with Crippen LogP contribution in [0.15, 0.2) is 30.3 Å². The Morgan fingerprint density at radius 3 is 2.53 bits per heavy atom. The van der Waals surface area contributed by atoms with Gasteiger partial charge in [0.05, 0.1) is 0 Å². The molecule has 0 bridgehead atoms. The zero-order chi connectivity index (χ0) is 13.7. The van der Waals surface area contributed by atoms with E-state index in [-0.39, 0.29) is 0 Å². The number of hydrogen-bond acceptors (Lipinski definition) is 2. The molecule has 1 N–H and O–H groups in total.